The number of hydrogen-bond donors (Lipinski definition) is 0. The van der Waals surface area contributed by atoms with Crippen LogP contribution in [0.25, 0.3) is 0 Å². The lowest BCUT2D eigenvalue weighted by molar-refractivity contribution is -0.138. The van der Waals surface area contributed by atoms with Gasteiger partial charge in [0.2, 0.25) is 5.91 Å². The topological polar surface area (TPSA) is 40.6 Å². The van der Waals surface area contributed by atoms with Gasteiger partial charge in [-0.25, -0.2) is 0 Å². The van der Waals surface area contributed by atoms with Crippen molar-refractivity contribution in [3.8, 4) is 0 Å². The van der Waals surface area contributed by atoms with Crippen LogP contribution in [-0.4, -0.2) is 40.7 Å². The third kappa shape index (κ3) is 4.09. The van der Waals surface area contributed by atoms with Crippen molar-refractivity contribution in [2.45, 2.75) is 25.9 Å². The molecule has 134 valence electrons. The summed E-state index contributed by atoms with van der Waals surface area (Å²) in [6, 6.07) is 18.7. The minimum absolute atomic E-state index is 0.135. The van der Waals surface area contributed by atoms with E-state index >= 15 is 0 Å². The molecule has 0 N–H and O–H groups in total. The Bertz CT molecular complexity index is 786. The zero-order chi connectivity index (χ0) is 18.5. The molecule has 2 amide bonds. The number of carbonyl (C=O) groups is 2. The van der Waals surface area contributed by atoms with Gasteiger partial charge < -0.3 is 0 Å². The monoisotopic (exact) mass is 348 g/mol. The number of amides is 2. The first-order valence-corrected chi connectivity index (χ1v) is 8.89. The molecule has 26 heavy (non-hydrogen) atoms. The van der Waals surface area contributed by atoms with Crippen LogP contribution < -0.4 is 0 Å². The first kappa shape index (κ1) is 18.1. The van der Waals surface area contributed by atoms with Crippen molar-refractivity contribution < 1.29 is 9.59 Å². The molecule has 2 aromatic rings. The van der Waals surface area contributed by atoms with Crippen molar-refractivity contribution in [2.75, 3.05) is 13.1 Å². The van der Waals surface area contributed by atoms with Gasteiger partial charge in [-0.3, -0.25) is 19.4 Å². The van der Waals surface area contributed by atoms with Gasteiger partial charge in [0.15, 0.2) is 0 Å². The van der Waals surface area contributed by atoms with E-state index in [0.717, 1.165) is 11.1 Å². The Morgan fingerprint density at radius 3 is 2.27 bits per heavy atom. The Morgan fingerprint density at radius 2 is 1.65 bits per heavy atom. The number of piperazine rings is 1. The van der Waals surface area contributed by atoms with Crippen LogP contribution in [0, 0.1) is 0 Å². The highest BCUT2D eigenvalue weighted by atomic mass is 16.2. The van der Waals surface area contributed by atoms with Gasteiger partial charge in [-0.1, -0.05) is 54.1 Å². The number of benzene rings is 2. The molecule has 2 aromatic carbocycles. The summed E-state index contributed by atoms with van der Waals surface area (Å²) in [6.45, 7) is 7.66. The maximum atomic E-state index is 13.1. The van der Waals surface area contributed by atoms with E-state index < -0.39 is 0 Å². The second-order valence-electron chi connectivity index (χ2n) is 6.79. The van der Waals surface area contributed by atoms with Gasteiger partial charge in [0.25, 0.3) is 5.91 Å². The summed E-state index contributed by atoms with van der Waals surface area (Å²) in [4.78, 5) is 29.4. The molecular weight excluding hydrogens is 324 g/mol. The number of carbonyl (C=O) groups excluding carboxylic acids is 2. The SMILES string of the molecule is C=C(C)C[C@H]1C(=O)N(C(=O)c2ccccc2)CCN1Cc1ccccc1. The second-order valence-corrected chi connectivity index (χ2v) is 6.79. The minimum Gasteiger partial charge on any atom is -0.286 e. The maximum Gasteiger partial charge on any atom is 0.260 e. The average Bonchev–Trinajstić information content (AvgIpc) is 2.65. The molecule has 1 heterocycles. The zero-order valence-corrected chi connectivity index (χ0v) is 15.1. The standard InChI is InChI=1S/C22H24N2O2/c1-17(2)15-20-22(26)24(21(25)19-11-7-4-8-12-19)14-13-23(20)16-18-9-5-3-6-10-18/h3-12,20H,1,13-16H2,2H3/t20-/m0/s1. The maximum absolute atomic E-state index is 13.1. The second kappa shape index (κ2) is 8.11. The predicted octanol–water partition coefficient (Wildman–Crippen LogP) is 3.51. The largest absolute Gasteiger partial charge is 0.286 e. The normalized spacial score (nSPS) is 18.0. The molecule has 3 rings (SSSR count). The van der Waals surface area contributed by atoms with Gasteiger partial charge in [0.05, 0.1) is 6.04 Å². The van der Waals surface area contributed by atoms with Crippen LogP contribution in [0.4, 0.5) is 0 Å². The lowest BCUT2D eigenvalue weighted by Gasteiger charge is -2.40. The van der Waals surface area contributed by atoms with Crippen molar-refractivity contribution >= 4 is 11.8 Å². The molecule has 0 bridgehead atoms. The smallest absolute Gasteiger partial charge is 0.260 e. The molecule has 0 aliphatic carbocycles. The zero-order valence-electron chi connectivity index (χ0n) is 15.1. The fourth-order valence-electron chi connectivity index (χ4n) is 3.32. The summed E-state index contributed by atoms with van der Waals surface area (Å²) in [6.07, 6.45) is 0.560. The highest BCUT2D eigenvalue weighted by Gasteiger charge is 2.37. The van der Waals surface area contributed by atoms with Gasteiger partial charge in [0.1, 0.15) is 0 Å². The number of imide groups is 1. The fourth-order valence-corrected chi connectivity index (χ4v) is 3.32. The van der Waals surface area contributed by atoms with E-state index in [1.165, 1.54) is 4.90 Å². The van der Waals surface area contributed by atoms with Crippen LogP contribution in [0.5, 0.6) is 0 Å². The van der Waals surface area contributed by atoms with E-state index in [1.54, 1.807) is 12.1 Å². The van der Waals surface area contributed by atoms with E-state index in [0.29, 0.717) is 31.6 Å². The Morgan fingerprint density at radius 1 is 1.04 bits per heavy atom. The van der Waals surface area contributed by atoms with E-state index in [1.807, 2.05) is 43.3 Å². The number of hydrogen-bond acceptors (Lipinski definition) is 3. The average molecular weight is 348 g/mol. The molecule has 1 atom stereocenters. The van der Waals surface area contributed by atoms with Crippen LogP contribution in [-0.2, 0) is 11.3 Å². The molecular formula is C22H24N2O2. The summed E-state index contributed by atoms with van der Waals surface area (Å²) in [5.41, 5.74) is 2.65. The lowest BCUT2D eigenvalue weighted by Crippen LogP contribution is -2.58. The van der Waals surface area contributed by atoms with E-state index in [2.05, 4.69) is 23.6 Å². The lowest BCUT2D eigenvalue weighted by atomic mass is 10.0. The molecule has 4 nitrogen and oxygen atoms in total. The third-order valence-corrected chi connectivity index (χ3v) is 4.64. The Balaban J connectivity index is 1.80. The van der Waals surface area contributed by atoms with Gasteiger partial charge in [-0.15, -0.1) is 6.58 Å². The van der Waals surface area contributed by atoms with Gasteiger partial charge in [-0.2, -0.15) is 0 Å². The molecule has 0 radical (unpaired) electrons. The van der Waals surface area contributed by atoms with Crippen molar-refractivity contribution in [3.05, 3.63) is 83.9 Å². The van der Waals surface area contributed by atoms with Crippen LogP contribution in [0.3, 0.4) is 0 Å². The van der Waals surface area contributed by atoms with Crippen molar-refractivity contribution in [3.63, 3.8) is 0 Å². The van der Waals surface area contributed by atoms with Crippen molar-refractivity contribution in [2.24, 2.45) is 0 Å². The minimum atomic E-state index is -0.353. The summed E-state index contributed by atoms with van der Waals surface area (Å²) in [5.74, 6) is -0.356. The third-order valence-electron chi connectivity index (χ3n) is 4.64. The Kier molecular flexibility index (Phi) is 5.64. The van der Waals surface area contributed by atoms with Crippen LogP contribution >= 0.6 is 0 Å². The van der Waals surface area contributed by atoms with Gasteiger partial charge in [0, 0.05) is 25.2 Å². The van der Waals surface area contributed by atoms with Gasteiger partial charge >= 0.3 is 0 Å². The molecule has 1 fully saturated rings. The highest BCUT2D eigenvalue weighted by Crippen LogP contribution is 2.22. The van der Waals surface area contributed by atoms with Crippen molar-refractivity contribution in [1.29, 1.82) is 0 Å². The summed E-state index contributed by atoms with van der Waals surface area (Å²) < 4.78 is 0. The molecule has 4 heteroatoms. The first-order chi connectivity index (χ1) is 12.6. The van der Waals surface area contributed by atoms with E-state index in [9.17, 15) is 9.59 Å². The highest BCUT2D eigenvalue weighted by molar-refractivity contribution is 6.06. The number of rotatable bonds is 5. The van der Waals surface area contributed by atoms with Crippen molar-refractivity contribution in [1.82, 2.24) is 9.80 Å². The Hall–Kier alpha value is -2.72. The van der Waals surface area contributed by atoms with E-state index in [-0.39, 0.29) is 17.9 Å². The van der Waals surface area contributed by atoms with Crippen LogP contribution in [0.1, 0.15) is 29.3 Å². The van der Waals surface area contributed by atoms with Crippen LogP contribution in [0.2, 0.25) is 0 Å². The van der Waals surface area contributed by atoms with E-state index in [4.69, 9.17) is 0 Å². The summed E-state index contributed by atoms with van der Waals surface area (Å²) in [5, 5.41) is 0. The molecule has 0 unspecified atom stereocenters. The quantitative estimate of drug-likeness (QED) is 0.613. The predicted molar refractivity (Wildman–Crippen MR) is 103 cm³/mol. The molecule has 0 spiro atoms. The summed E-state index contributed by atoms with van der Waals surface area (Å²) in [7, 11) is 0. The molecule has 0 saturated carbocycles. The molecule has 0 aromatic heterocycles. The molecule has 1 saturated heterocycles. The summed E-state index contributed by atoms with van der Waals surface area (Å²) >= 11 is 0. The Labute approximate surface area is 154 Å². The van der Waals surface area contributed by atoms with Gasteiger partial charge in [-0.05, 0) is 31.0 Å². The van der Waals surface area contributed by atoms with Crippen LogP contribution in [0.15, 0.2) is 72.8 Å². The molecule has 1 aliphatic heterocycles. The number of nitrogens with zero attached hydrogens (tertiary/aromatic N) is 2. The first-order valence-electron chi connectivity index (χ1n) is 8.89. The fraction of sp³-hybridized carbons (Fsp3) is 0.273. The molecule has 1 aliphatic rings.